The van der Waals surface area contributed by atoms with Crippen molar-refractivity contribution in [2.45, 2.75) is 13.5 Å². The molecule has 3 rings (SSSR count). The fraction of sp³-hybridized carbons (Fsp3) is 0.136. The summed E-state index contributed by atoms with van der Waals surface area (Å²) in [5.74, 6) is 1.39. The first-order valence-corrected chi connectivity index (χ1v) is 8.56. The molecule has 0 fully saturated rings. The summed E-state index contributed by atoms with van der Waals surface area (Å²) < 4.78 is 11.2. The Kier molecular flexibility index (Phi) is 5.88. The minimum atomic E-state index is -0.165. The molecule has 26 heavy (non-hydrogen) atoms. The van der Waals surface area contributed by atoms with Crippen molar-refractivity contribution in [3.8, 4) is 11.5 Å². The van der Waals surface area contributed by atoms with Crippen molar-refractivity contribution in [3.63, 3.8) is 0 Å². The van der Waals surface area contributed by atoms with Crippen LogP contribution in [0.4, 0.5) is 5.69 Å². The topological polar surface area (TPSA) is 47.6 Å². The van der Waals surface area contributed by atoms with Gasteiger partial charge < -0.3 is 14.8 Å². The van der Waals surface area contributed by atoms with Gasteiger partial charge in [0.1, 0.15) is 18.1 Å². The Hall–Kier alpha value is -3.27. The molecule has 0 bridgehead atoms. The summed E-state index contributed by atoms with van der Waals surface area (Å²) in [4.78, 5) is 12.7. The van der Waals surface area contributed by atoms with Crippen molar-refractivity contribution in [3.05, 3.63) is 90.0 Å². The molecule has 0 spiro atoms. The second-order valence-corrected chi connectivity index (χ2v) is 5.67. The standard InChI is InChI=1S/C22H21NO3/c1-2-25-20-14-12-18(13-15-20)23-22(24)21-11-7-6-8-17(21)16-26-19-9-4-3-5-10-19/h3-15H,2,16H2,1H3,(H,23,24). The lowest BCUT2D eigenvalue weighted by atomic mass is 10.1. The smallest absolute Gasteiger partial charge is 0.256 e. The third-order valence-corrected chi connectivity index (χ3v) is 3.82. The third kappa shape index (κ3) is 4.63. The van der Waals surface area contributed by atoms with Gasteiger partial charge in [-0.15, -0.1) is 0 Å². The molecule has 0 aromatic heterocycles. The predicted molar refractivity (Wildman–Crippen MR) is 103 cm³/mol. The van der Waals surface area contributed by atoms with E-state index in [1.165, 1.54) is 0 Å². The minimum Gasteiger partial charge on any atom is -0.494 e. The van der Waals surface area contributed by atoms with E-state index >= 15 is 0 Å². The molecule has 3 aromatic carbocycles. The second kappa shape index (κ2) is 8.72. The van der Waals surface area contributed by atoms with Crippen molar-refractivity contribution < 1.29 is 14.3 Å². The zero-order valence-electron chi connectivity index (χ0n) is 14.6. The molecule has 0 aliphatic carbocycles. The number of rotatable bonds is 7. The minimum absolute atomic E-state index is 0.165. The van der Waals surface area contributed by atoms with E-state index in [0.29, 0.717) is 18.8 Å². The quantitative estimate of drug-likeness (QED) is 0.660. The van der Waals surface area contributed by atoms with E-state index in [2.05, 4.69) is 5.32 Å². The van der Waals surface area contributed by atoms with Crippen LogP contribution in [-0.4, -0.2) is 12.5 Å². The number of ether oxygens (including phenoxy) is 2. The van der Waals surface area contributed by atoms with E-state index in [9.17, 15) is 4.79 Å². The van der Waals surface area contributed by atoms with Crippen molar-refractivity contribution in [1.29, 1.82) is 0 Å². The fourth-order valence-corrected chi connectivity index (χ4v) is 2.55. The first-order chi connectivity index (χ1) is 12.8. The number of nitrogens with one attached hydrogen (secondary N) is 1. The summed E-state index contributed by atoms with van der Waals surface area (Å²) in [6, 6.07) is 24.3. The lowest BCUT2D eigenvalue weighted by Crippen LogP contribution is -2.15. The molecule has 0 saturated carbocycles. The van der Waals surface area contributed by atoms with Gasteiger partial charge in [0.05, 0.1) is 6.61 Å². The number of anilines is 1. The van der Waals surface area contributed by atoms with Crippen LogP contribution in [0.2, 0.25) is 0 Å². The van der Waals surface area contributed by atoms with Crippen LogP contribution in [0.5, 0.6) is 11.5 Å². The van der Waals surface area contributed by atoms with E-state index in [-0.39, 0.29) is 5.91 Å². The molecule has 1 amide bonds. The van der Waals surface area contributed by atoms with Gasteiger partial charge in [0.2, 0.25) is 0 Å². The number of hydrogen-bond acceptors (Lipinski definition) is 3. The summed E-state index contributed by atoms with van der Waals surface area (Å²) in [5.41, 5.74) is 2.15. The van der Waals surface area contributed by atoms with E-state index in [0.717, 1.165) is 22.7 Å². The van der Waals surface area contributed by atoms with E-state index in [1.54, 1.807) is 6.07 Å². The maximum absolute atomic E-state index is 12.7. The molecule has 0 aliphatic heterocycles. The third-order valence-electron chi connectivity index (χ3n) is 3.82. The van der Waals surface area contributed by atoms with Crippen LogP contribution in [0.15, 0.2) is 78.9 Å². The van der Waals surface area contributed by atoms with Crippen molar-refractivity contribution in [2.24, 2.45) is 0 Å². The molecule has 0 unspecified atom stereocenters. The van der Waals surface area contributed by atoms with Gasteiger partial charge in [-0.3, -0.25) is 4.79 Å². The number of para-hydroxylation sites is 1. The molecule has 4 nitrogen and oxygen atoms in total. The Labute approximate surface area is 153 Å². The van der Waals surface area contributed by atoms with Crippen LogP contribution in [0.3, 0.4) is 0 Å². The fourth-order valence-electron chi connectivity index (χ4n) is 2.55. The highest BCUT2D eigenvalue weighted by atomic mass is 16.5. The van der Waals surface area contributed by atoms with Crippen LogP contribution in [0, 0.1) is 0 Å². The lowest BCUT2D eigenvalue weighted by molar-refractivity contribution is 0.102. The van der Waals surface area contributed by atoms with Crippen LogP contribution in [0.1, 0.15) is 22.8 Å². The molecular formula is C22H21NO3. The van der Waals surface area contributed by atoms with Crippen LogP contribution < -0.4 is 14.8 Å². The summed E-state index contributed by atoms with van der Waals surface area (Å²) in [5, 5.41) is 2.92. The van der Waals surface area contributed by atoms with Crippen molar-refractivity contribution in [1.82, 2.24) is 0 Å². The van der Waals surface area contributed by atoms with Gasteiger partial charge in [-0.25, -0.2) is 0 Å². The first-order valence-electron chi connectivity index (χ1n) is 8.56. The Morgan fingerprint density at radius 1 is 0.808 bits per heavy atom. The molecule has 0 aliphatic rings. The SMILES string of the molecule is CCOc1ccc(NC(=O)c2ccccc2COc2ccccc2)cc1. The number of hydrogen-bond donors (Lipinski definition) is 1. The van der Waals surface area contributed by atoms with Crippen LogP contribution in [0.25, 0.3) is 0 Å². The van der Waals surface area contributed by atoms with Gasteiger partial charge in [0.25, 0.3) is 5.91 Å². The Morgan fingerprint density at radius 2 is 1.46 bits per heavy atom. The molecule has 1 N–H and O–H groups in total. The Morgan fingerprint density at radius 3 is 2.19 bits per heavy atom. The van der Waals surface area contributed by atoms with Crippen LogP contribution in [-0.2, 0) is 6.61 Å². The van der Waals surface area contributed by atoms with Gasteiger partial charge in [0, 0.05) is 16.8 Å². The average molecular weight is 347 g/mol. The summed E-state index contributed by atoms with van der Waals surface area (Å²) >= 11 is 0. The van der Waals surface area contributed by atoms with Crippen molar-refractivity contribution in [2.75, 3.05) is 11.9 Å². The van der Waals surface area contributed by atoms with Crippen LogP contribution >= 0.6 is 0 Å². The molecule has 0 atom stereocenters. The first kappa shape index (κ1) is 17.5. The normalized spacial score (nSPS) is 10.2. The molecule has 3 aromatic rings. The molecule has 0 heterocycles. The monoisotopic (exact) mass is 347 g/mol. The maximum Gasteiger partial charge on any atom is 0.256 e. The number of benzene rings is 3. The van der Waals surface area contributed by atoms with Gasteiger partial charge in [-0.05, 0) is 49.4 Å². The Balaban J connectivity index is 1.69. The largest absolute Gasteiger partial charge is 0.494 e. The van der Waals surface area contributed by atoms with Gasteiger partial charge in [0.15, 0.2) is 0 Å². The van der Waals surface area contributed by atoms with E-state index < -0.39 is 0 Å². The summed E-state index contributed by atoms with van der Waals surface area (Å²) in [7, 11) is 0. The maximum atomic E-state index is 12.7. The van der Waals surface area contributed by atoms with Gasteiger partial charge >= 0.3 is 0 Å². The highest BCUT2D eigenvalue weighted by molar-refractivity contribution is 6.05. The second-order valence-electron chi connectivity index (χ2n) is 5.67. The zero-order valence-corrected chi connectivity index (χ0v) is 14.6. The van der Waals surface area contributed by atoms with E-state index in [1.807, 2.05) is 79.7 Å². The lowest BCUT2D eigenvalue weighted by Gasteiger charge is -2.12. The number of amides is 1. The average Bonchev–Trinajstić information content (AvgIpc) is 2.69. The summed E-state index contributed by atoms with van der Waals surface area (Å²) in [6.07, 6.45) is 0. The molecule has 0 saturated heterocycles. The summed E-state index contributed by atoms with van der Waals surface area (Å²) in [6.45, 7) is 2.88. The predicted octanol–water partition coefficient (Wildman–Crippen LogP) is 4.92. The highest BCUT2D eigenvalue weighted by Gasteiger charge is 2.12. The molecule has 132 valence electrons. The number of carbonyl (C=O) groups is 1. The molecular weight excluding hydrogens is 326 g/mol. The van der Waals surface area contributed by atoms with E-state index in [4.69, 9.17) is 9.47 Å². The molecule has 4 heteroatoms. The molecule has 0 radical (unpaired) electrons. The number of carbonyl (C=O) groups excluding carboxylic acids is 1. The Bertz CT molecular complexity index is 845. The van der Waals surface area contributed by atoms with Gasteiger partial charge in [-0.1, -0.05) is 36.4 Å². The van der Waals surface area contributed by atoms with Crippen molar-refractivity contribution >= 4 is 11.6 Å². The zero-order chi connectivity index (χ0) is 18.2. The highest BCUT2D eigenvalue weighted by Crippen LogP contribution is 2.19. The van der Waals surface area contributed by atoms with Gasteiger partial charge in [-0.2, -0.15) is 0 Å².